The highest BCUT2D eigenvalue weighted by Crippen LogP contribution is 2.42. The van der Waals surface area contributed by atoms with Crippen molar-refractivity contribution in [3.63, 3.8) is 0 Å². The number of hydrogen-bond acceptors (Lipinski definition) is 3. The zero-order valence-corrected chi connectivity index (χ0v) is 14.4. The molecule has 1 N–H and O–H groups in total. The van der Waals surface area contributed by atoms with Crippen molar-refractivity contribution in [1.82, 2.24) is 10.2 Å². The van der Waals surface area contributed by atoms with E-state index in [0.29, 0.717) is 5.69 Å². The number of ether oxygens (including phenoxy) is 1. The molecule has 5 heteroatoms. The highest BCUT2D eigenvalue weighted by molar-refractivity contribution is 6.10. The molecule has 5 nitrogen and oxygen atoms in total. The molecule has 0 spiro atoms. The maximum absolute atomic E-state index is 13.0. The molecule has 1 amide bonds. The van der Waals surface area contributed by atoms with Crippen molar-refractivity contribution in [2.24, 2.45) is 0 Å². The summed E-state index contributed by atoms with van der Waals surface area (Å²) in [6, 6.07) is 15.6. The lowest BCUT2D eigenvalue weighted by atomic mass is 9.98. The van der Waals surface area contributed by atoms with Crippen LogP contribution < -0.4 is 9.64 Å². The molecule has 1 aliphatic rings. The van der Waals surface area contributed by atoms with Crippen molar-refractivity contribution < 1.29 is 9.53 Å². The second kappa shape index (κ2) is 5.77. The number of fused-ring (bicyclic) bond motifs is 1. The summed E-state index contributed by atoms with van der Waals surface area (Å²) in [7, 11) is 1.64. The van der Waals surface area contributed by atoms with Gasteiger partial charge in [-0.25, -0.2) is 0 Å². The summed E-state index contributed by atoms with van der Waals surface area (Å²) < 4.78 is 5.37. The molecule has 0 fully saturated rings. The van der Waals surface area contributed by atoms with Gasteiger partial charge in [0.05, 0.1) is 13.2 Å². The van der Waals surface area contributed by atoms with Gasteiger partial charge in [-0.3, -0.25) is 14.8 Å². The van der Waals surface area contributed by atoms with Gasteiger partial charge in [-0.2, -0.15) is 5.10 Å². The number of methoxy groups -OCH3 is 1. The van der Waals surface area contributed by atoms with Gasteiger partial charge in [-0.15, -0.1) is 0 Å². The van der Waals surface area contributed by atoms with E-state index in [0.717, 1.165) is 33.8 Å². The minimum Gasteiger partial charge on any atom is -0.497 e. The first-order valence-corrected chi connectivity index (χ1v) is 8.19. The molecular weight excluding hydrogens is 314 g/mol. The molecule has 1 unspecified atom stereocenters. The van der Waals surface area contributed by atoms with Crippen LogP contribution in [-0.2, 0) is 0 Å². The fraction of sp³-hybridized carbons (Fsp3) is 0.200. The van der Waals surface area contributed by atoms with Gasteiger partial charge in [0.2, 0.25) is 0 Å². The number of aromatic amines is 1. The van der Waals surface area contributed by atoms with Gasteiger partial charge in [0.15, 0.2) is 5.69 Å². The lowest BCUT2D eigenvalue weighted by Crippen LogP contribution is -2.29. The molecule has 4 rings (SSSR count). The molecule has 0 saturated carbocycles. The quantitative estimate of drug-likeness (QED) is 0.793. The Morgan fingerprint density at radius 1 is 1.12 bits per heavy atom. The van der Waals surface area contributed by atoms with E-state index in [1.807, 2.05) is 67.3 Å². The Balaban J connectivity index is 1.90. The third-order valence-electron chi connectivity index (χ3n) is 4.67. The second-order valence-electron chi connectivity index (χ2n) is 6.30. The Labute approximate surface area is 146 Å². The molecule has 2 aromatic carbocycles. The Bertz CT molecular complexity index is 944. The van der Waals surface area contributed by atoms with Crippen molar-refractivity contribution in [2.75, 3.05) is 12.0 Å². The first-order chi connectivity index (χ1) is 12.1. The van der Waals surface area contributed by atoms with Crippen LogP contribution in [0, 0.1) is 13.8 Å². The van der Waals surface area contributed by atoms with E-state index in [4.69, 9.17) is 4.74 Å². The largest absolute Gasteiger partial charge is 0.497 e. The SMILES string of the molecule is COc1cccc(C2c3c(n[nH]c3C)C(=O)N2c2ccc(C)cc2)c1. The highest BCUT2D eigenvalue weighted by atomic mass is 16.5. The van der Waals surface area contributed by atoms with Gasteiger partial charge in [-0.05, 0) is 43.7 Å². The van der Waals surface area contributed by atoms with Crippen LogP contribution in [0.25, 0.3) is 0 Å². The average molecular weight is 333 g/mol. The fourth-order valence-corrected chi connectivity index (χ4v) is 3.39. The number of rotatable bonds is 3. The van der Waals surface area contributed by atoms with Gasteiger partial charge in [0.25, 0.3) is 5.91 Å². The predicted octanol–water partition coefficient (Wildman–Crippen LogP) is 3.78. The van der Waals surface area contributed by atoms with E-state index < -0.39 is 0 Å². The number of H-pyrrole nitrogens is 1. The van der Waals surface area contributed by atoms with Gasteiger partial charge < -0.3 is 4.74 Å². The molecule has 0 bridgehead atoms. The second-order valence-corrected chi connectivity index (χ2v) is 6.30. The van der Waals surface area contributed by atoms with E-state index in [1.54, 1.807) is 7.11 Å². The van der Waals surface area contributed by atoms with Crippen LogP contribution in [0.5, 0.6) is 5.75 Å². The fourth-order valence-electron chi connectivity index (χ4n) is 3.39. The molecule has 0 saturated heterocycles. The predicted molar refractivity (Wildman–Crippen MR) is 96.2 cm³/mol. The van der Waals surface area contributed by atoms with Crippen molar-refractivity contribution in [2.45, 2.75) is 19.9 Å². The van der Waals surface area contributed by atoms with Crippen LogP contribution in [-0.4, -0.2) is 23.2 Å². The molecular formula is C20H19N3O2. The Morgan fingerprint density at radius 2 is 1.88 bits per heavy atom. The maximum Gasteiger partial charge on any atom is 0.279 e. The van der Waals surface area contributed by atoms with Gasteiger partial charge in [0, 0.05) is 16.9 Å². The van der Waals surface area contributed by atoms with Crippen LogP contribution >= 0.6 is 0 Å². The van der Waals surface area contributed by atoms with Crippen LogP contribution in [0.3, 0.4) is 0 Å². The average Bonchev–Trinajstić information content (AvgIpc) is 3.14. The van der Waals surface area contributed by atoms with Gasteiger partial charge >= 0.3 is 0 Å². The zero-order valence-electron chi connectivity index (χ0n) is 14.4. The molecule has 1 aromatic heterocycles. The molecule has 1 atom stereocenters. The zero-order chi connectivity index (χ0) is 17.6. The van der Waals surface area contributed by atoms with Crippen molar-refractivity contribution in [3.8, 4) is 5.75 Å². The van der Waals surface area contributed by atoms with Crippen LogP contribution in [0.2, 0.25) is 0 Å². The van der Waals surface area contributed by atoms with E-state index >= 15 is 0 Å². The molecule has 126 valence electrons. The van der Waals surface area contributed by atoms with Crippen LogP contribution in [0.4, 0.5) is 5.69 Å². The summed E-state index contributed by atoms with van der Waals surface area (Å²) in [6.45, 7) is 3.98. The summed E-state index contributed by atoms with van der Waals surface area (Å²) in [5.41, 5.74) is 5.34. The minimum absolute atomic E-state index is 0.0870. The monoisotopic (exact) mass is 333 g/mol. The van der Waals surface area contributed by atoms with Crippen molar-refractivity contribution >= 4 is 11.6 Å². The normalized spacial score (nSPS) is 16.2. The van der Waals surface area contributed by atoms with Crippen LogP contribution in [0.15, 0.2) is 48.5 Å². The molecule has 3 aromatic rings. The third kappa shape index (κ3) is 2.39. The number of carbonyl (C=O) groups excluding carboxylic acids is 1. The number of nitrogens with zero attached hydrogens (tertiary/aromatic N) is 2. The topological polar surface area (TPSA) is 58.2 Å². The number of carbonyl (C=O) groups is 1. The number of aryl methyl sites for hydroxylation is 2. The summed E-state index contributed by atoms with van der Waals surface area (Å²) in [4.78, 5) is 14.9. The summed E-state index contributed by atoms with van der Waals surface area (Å²) in [5, 5.41) is 7.19. The van der Waals surface area contributed by atoms with Crippen molar-refractivity contribution in [3.05, 3.63) is 76.6 Å². The number of aromatic nitrogens is 2. The molecule has 2 heterocycles. The third-order valence-corrected chi connectivity index (χ3v) is 4.67. The number of hydrogen-bond donors (Lipinski definition) is 1. The lowest BCUT2D eigenvalue weighted by Gasteiger charge is -2.26. The highest BCUT2D eigenvalue weighted by Gasteiger charge is 2.42. The standard InChI is InChI=1S/C20H19N3O2/c1-12-7-9-15(10-8-12)23-19(14-5-4-6-16(11-14)25-3)17-13(2)21-22-18(17)20(23)24/h4-11,19H,1-3H3,(H,21,22). The number of nitrogens with one attached hydrogen (secondary N) is 1. The lowest BCUT2D eigenvalue weighted by molar-refractivity contribution is 0.0988. The Hall–Kier alpha value is -3.08. The van der Waals surface area contributed by atoms with E-state index in [9.17, 15) is 4.79 Å². The van der Waals surface area contributed by atoms with Gasteiger partial charge in [-0.1, -0.05) is 29.8 Å². The summed E-state index contributed by atoms with van der Waals surface area (Å²) >= 11 is 0. The summed E-state index contributed by atoms with van der Waals surface area (Å²) in [6.07, 6.45) is 0. The molecule has 0 radical (unpaired) electrons. The van der Waals surface area contributed by atoms with Gasteiger partial charge in [0.1, 0.15) is 5.75 Å². The number of amides is 1. The van der Waals surface area contributed by atoms with E-state index in [-0.39, 0.29) is 11.9 Å². The van der Waals surface area contributed by atoms with E-state index in [2.05, 4.69) is 10.2 Å². The number of benzene rings is 2. The molecule has 25 heavy (non-hydrogen) atoms. The summed E-state index contributed by atoms with van der Waals surface area (Å²) in [5.74, 6) is 0.680. The molecule has 1 aliphatic heterocycles. The minimum atomic E-state index is -0.223. The smallest absolute Gasteiger partial charge is 0.279 e. The van der Waals surface area contributed by atoms with Crippen LogP contribution in [0.1, 0.15) is 38.9 Å². The first-order valence-electron chi connectivity index (χ1n) is 8.19. The number of anilines is 1. The van der Waals surface area contributed by atoms with Crippen molar-refractivity contribution in [1.29, 1.82) is 0 Å². The Kier molecular flexibility index (Phi) is 3.57. The molecule has 0 aliphatic carbocycles. The van der Waals surface area contributed by atoms with E-state index in [1.165, 1.54) is 0 Å². The Morgan fingerprint density at radius 3 is 2.60 bits per heavy atom. The maximum atomic E-state index is 13.0. The first kappa shape index (κ1) is 15.4.